The lowest BCUT2D eigenvalue weighted by molar-refractivity contribution is 0.0924. The molecule has 0 N–H and O–H groups in total. The maximum Gasteiger partial charge on any atom is 0.243 e. The van der Waals surface area contributed by atoms with E-state index in [1.54, 1.807) is 18.2 Å². The maximum absolute atomic E-state index is 13.8. The number of para-hydroxylation sites is 1. The second kappa shape index (κ2) is 11.7. The third-order valence-electron chi connectivity index (χ3n) is 7.07. The number of ether oxygens (including phenoxy) is 3. The summed E-state index contributed by atoms with van der Waals surface area (Å²) in [7, 11) is -4.64. The molecule has 0 amide bonds. The molecule has 0 radical (unpaired) electrons. The summed E-state index contributed by atoms with van der Waals surface area (Å²) < 4.78 is 73.6. The molecule has 0 aromatic heterocycles. The Morgan fingerprint density at radius 2 is 1.68 bits per heavy atom. The van der Waals surface area contributed by atoms with Crippen molar-refractivity contribution in [3.63, 3.8) is 0 Å². The molecule has 2 aliphatic rings. The molecular weight excluding hydrogens is 516 g/mol. The van der Waals surface area contributed by atoms with Crippen molar-refractivity contribution in [3.05, 3.63) is 48.0 Å². The second-order valence-electron chi connectivity index (χ2n) is 9.52. The molecule has 0 saturated carbocycles. The van der Waals surface area contributed by atoms with Gasteiger partial charge in [-0.25, -0.2) is 16.8 Å². The van der Waals surface area contributed by atoms with E-state index in [-0.39, 0.29) is 35.0 Å². The van der Waals surface area contributed by atoms with E-state index >= 15 is 0 Å². The average Bonchev–Trinajstić information content (AvgIpc) is 3.41. The molecule has 4 rings (SSSR count). The molecule has 9 nitrogen and oxygen atoms in total. The van der Waals surface area contributed by atoms with Crippen molar-refractivity contribution >= 4 is 20.0 Å². The molecule has 2 fully saturated rings. The fourth-order valence-electron chi connectivity index (χ4n) is 5.03. The molecule has 2 aromatic rings. The van der Waals surface area contributed by atoms with Gasteiger partial charge in [0.1, 0.15) is 0 Å². The van der Waals surface area contributed by atoms with Crippen LogP contribution in [0.1, 0.15) is 44.6 Å². The molecule has 2 aromatic carbocycles. The van der Waals surface area contributed by atoms with Gasteiger partial charge in [-0.15, -0.1) is 0 Å². The normalized spacial score (nSPS) is 21.3. The van der Waals surface area contributed by atoms with Crippen LogP contribution in [0.15, 0.2) is 52.3 Å². The van der Waals surface area contributed by atoms with Crippen LogP contribution in [0, 0.1) is 0 Å². The molecule has 2 heterocycles. The highest BCUT2D eigenvalue weighted by Gasteiger charge is 2.33. The number of hydrogen-bond acceptors (Lipinski definition) is 7. The maximum atomic E-state index is 13.8. The molecule has 2 atom stereocenters. The monoisotopic (exact) mass is 552 g/mol. The zero-order valence-electron chi connectivity index (χ0n) is 21.6. The summed E-state index contributed by atoms with van der Waals surface area (Å²) in [6.45, 7) is 3.21. The number of methoxy groups -OCH3 is 2. The molecule has 2 saturated heterocycles. The first kappa shape index (κ1) is 27.8. The van der Waals surface area contributed by atoms with Gasteiger partial charge in [-0.05, 0) is 62.9 Å². The van der Waals surface area contributed by atoms with Crippen LogP contribution >= 0.6 is 0 Å². The molecule has 0 bridgehead atoms. The van der Waals surface area contributed by atoms with E-state index in [9.17, 15) is 16.8 Å². The van der Waals surface area contributed by atoms with Crippen LogP contribution in [0.25, 0.3) is 0 Å². The average molecular weight is 553 g/mol. The predicted octanol–water partition coefficient (Wildman–Crippen LogP) is 3.64. The predicted molar refractivity (Wildman–Crippen MR) is 140 cm³/mol. The van der Waals surface area contributed by atoms with E-state index in [4.69, 9.17) is 14.2 Å². The fourth-order valence-corrected chi connectivity index (χ4v) is 8.18. The summed E-state index contributed by atoms with van der Waals surface area (Å²) in [5.41, 5.74) is 0.654. The van der Waals surface area contributed by atoms with Gasteiger partial charge in [-0.3, -0.25) is 0 Å². The van der Waals surface area contributed by atoms with Crippen LogP contribution in [0.4, 0.5) is 0 Å². The minimum absolute atomic E-state index is 0.0259. The van der Waals surface area contributed by atoms with Gasteiger partial charge >= 0.3 is 0 Å². The Morgan fingerprint density at radius 3 is 2.30 bits per heavy atom. The van der Waals surface area contributed by atoms with Gasteiger partial charge in [0, 0.05) is 37.8 Å². The van der Waals surface area contributed by atoms with E-state index in [0.29, 0.717) is 30.2 Å². The Labute approximate surface area is 220 Å². The quantitative estimate of drug-likeness (QED) is 0.443. The Morgan fingerprint density at radius 1 is 0.946 bits per heavy atom. The standard InChI is InChI=1S/C26H36N2O7S2/c1-20-8-4-5-16-28(20)37(31,32)24-14-12-23(13-15-24)36(29,30)27(19-22-10-7-17-35-22)18-21-9-6-11-25(33-2)26(21)34-3/h6,9,11-15,20,22H,4-5,7-8,10,16-19H2,1-3H3/t20-,22+/m1/s1. The Bertz CT molecular complexity index is 1270. The minimum atomic E-state index is -3.98. The van der Waals surface area contributed by atoms with Crippen molar-refractivity contribution in [2.24, 2.45) is 0 Å². The van der Waals surface area contributed by atoms with Crippen LogP contribution in [-0.2, 0) is 31.3 Å². The van der Waals surface area contributed by atoms with Gasteiger partial charge in [0.15, 0.2) is 11.5 Å². The molecule has 0 unspecified atom stereocenters. The van der Waals surface area contributed by atoms with Crippen LogP contribution < -0.4 is 9.47 Å². The van der Waals surface area contributed by atoms with Crippen LogP contribution in [0.5, 0.6) is 11.5 Å². The number of piperidine rings is 1. The van der Waals surface area contributed by atoms with Crippen molar-refractivity contribution in [3.8, 4) is 11.5 Å². The van der Waals surface area contributed by atoms with E-state index in [0.717, 1.165) is 32.1 Å². The largest absolute Gasteiger partial charge is 0.493 e. The number of sulfonamides is 2. The molecule has 2 aliphatic heterocycles. The first-order valence-electron chi connectivity index (χ1n) is 12.6. The van der Waals surface area contributed by atoms with Gasteiger partial charge < -0.3 is 14.2 Å². The van der Waals surface area contributed by atoms with Crippen molar-refractivity contribution in [2.45, 2.75) is 67.5 Å². The summed E-state index contributed by atoms with van der Waals surface area (Å²) >= 11 is 0. The first-order chi connectivity index (χ1) is 17.7. The summed E-state index contributed by atoms with van der Waals surface area (Å²) in [6, 6.07) is 10.8. The third-order valence-corrected chi connectivity index (χ3v) is 10.9. The number of benzene rings is 2. The summed E-state index contributed by atoms with van der Waals surface area (Å²) in [6.07, 6.45) is 4.07. The SMILES string of the molecule is COc1cccc(CN(C[C@@H]2CCCO2)S(=O)(=O)c2ccc(S(=O)(=O)N3CCCC[C@H]3C)cc2)c1OC. The zero-order valence-corrected chi connectivity index (χ0v) is 23.3. The van der Waals surface area contributed by atoms with Gasteiger partial charge in [-0.1, -0.05) is 18.6 Å². The number of rotatable bonds is 10. The van der Waals surface area contributed by atoms with Gasteiger partial charge in [0.2, 0.25) is 20.0 Å². The van der Waals surface area contributed by atoms with Crippen LogP contribution in [-0.4, -0.2) is 71.5 Å². The Balaban J connectivity index is 1.64. The van der Waals surface area contributed by atoms with Crippen LogP contribution in [0.2, 0.25) is 0 Å². The fraction of sp³-hybridized carbons (Fsp3) is 0.538. The molecule has 11 heteroatoms. The lowest BCUT2D eigenvalue weighted by Gasteiger charge is -2.32. The van der Waals surface area contributed by atoms with Crippen molar-refractivity contribution < 1.29 is 31.0 Å². The number of hydrogen-bond donors (Lipinski definition) is 0. The Hall–Kier alpha value is -2.18. The zero-order chi connectivity index (χ0) is 26.6. The van der Waals surface area contributed by atoms with E-state index in [1.165, 1.54) is 47.1 Å². The first-order valence-corrected chi connectivity index (χ1v) is 15.5. The van der Waals surface area contributed by atoms with Crippen molar-refractivity contribution in [1.82, 2.24) is 8.61 Å². The highest BCUT2D eigenvalue weighted by Crippen LogP contribution is 2.33. The molecular formula is C26H36N2O7S2. The van der Waals surface area contributed by atoms with Gasteiger partial charge in [0.05, 0.1) is 30.1 Å². The summed E-state index contributed by atoms with van der Waals surface area (Å²) in [5.74, 6) is 0.977. The lowest BCUT2D eigenvalue weighted by Crippen LogP contribution is -2.41. The molecule has 204 valence electrons. The highest BCUT2D eigenvalue weighted by atomic mass is 32.2. The highest BCUT2D eigenvalue weighted by molar-refractivity contribution is 7.89. The van der Waals surface area contributed by atoms with Gasteiger partial charge in [-0.2, -0.15) is 8.61 Å². The lowest BCUT2D eigenvalue weighted by atomic mass is 10.1. The van der Waals surface area contributed by atoms with E-state index in [1.807, 2.05) is 6.92 Å². The topological polar surface area (TPSA) is 102 Å². The Kier molecular flexibility index (Phi) is 8.80. The second-order valence-corrected chi connectivity index (χ2v) is 13.3. The van der Waals surface area contributed by atoms with Crippen LogP contribution in [0.3, 0.4) is 0 Å². The minimum Gasteiger partial charge on any atom is -0.493 e. The molecule has 0 aliphatic carbocycles. The number of nitrogens with zero attached hydrogens (tertiary/aromatic N) is 2. The van der Waals surface area contributed by atoms with E-state index < -0.39 is 20.0 Å². The molecule has 37 heavy (non-hydrogen) atoms. The molecule has 0 spiro atoms. The van der Waals surface area contributed by atoms with Crippen molar-refractivity contribution in [2.75, 3.05) is 33.9 Å². The van der Waals surface area contributed by atoms with Gasteiger partial charge in [0.25, 0.3) is 0 Å². The van der Waals surface area contributed by atoms with E-state index in [2.05, 4.69) is 0 Å². The smallest absolute Gasteiger partial charge is 0.243 e. The third kappa shape index (κ3) is 5.96. The summed E-state index contributed by atoms with van der Waals surface area (Å²) in [4.78, 5) is 0.123. The summed E-state index contributed by atoms with van der Waals surface area (Å²) in [5, 5.41) is 0. The van der Waals surface area contributed by atoms with Crippen molar-refractivity contribution in [1.29, 1.82) is 0 Å².